The monoisotopic (exact) mass is 284 g/mol. The first-order valence-electron chi connectivity index (χ1n) is 7.52. The fourth-order valence-corrected chi connectivity index (χ4v) is 4.21. The number of nitrogens with one attached hydrogen (secondary N) is 1. The maximum absolute atomic E-state index is 5.77. The normalized spacial score (nSPS) is 33.2. The number of hydrogen-bond acceptors (Lipinski definition) is 4. The van der Waals surface area contributed by atoms with Crippen LogP contribution < -0.4 is 5.32 Å². The van der Waals surface area contributed by atoms with Crippen LogP contribution in [0.3, 0.4) is 0 Å². The number of amidine groups is 1. The van der Waals surface area contributed by atoms with Gasteiger partial charge in [-0.25, -0.2) is 0 Å². The second-order valence-electron chi connectivity index (χ2n) is 6.71. The molecule has 1 N–H and O–H groups in total. The largest absolute Gasteiger partial charge is 0.378 e. The Bertz CT molecular complexity index is 341. The zero-order chi connectivity index (χ0) is 14.0. The van der Waals surface area contributed by atoms with Gasteiger partial charge in [0.1, 0.15) is 0 Å². The van der Waals surface area contributed by atoms with Gasteiger partial charge in [0.15, 0.2) is 5.17 Å². The maximum Gasteiger partial charge on any atom is 0.157 e. The second-order valence-corrected chi connectivity index (χ2v) is 8.00. The van der Waals surface area contributed by atoms with Crippen molar-refractivity contribution in [3.05, 3.63) is 0 Å². The SMILES string of the molecule is CCOC1CC(NC2=NCC(CC(C)C)S2)C1(C)C. The summed E-state index contributed by atoms with van der Waals surface area (Å²) in [5.41, 5.74) is 0.217. The third-order valence-electron chi connectivity index (χ3n) is 4.29. The highest BCUT2D eigenvalue weighted by atomic mass is 32.2. The third-order valence-corrected chi connectivity index (χ3v) is 5.44. The van der Waals surface area contributed by atoms with Crippen LogP contribution in [0, 0.1) is 11.3 Å². The molecule has 1 aliphatic carbocycles. The first-order chi connectivity index (χ1) is 8.93. The average molecular weight is 284 g/mol. The summed E-state index contributed by atoms with van der Waals surface area (Å²) in [4.78, 5) is 4.66. The van der Waals surface area contributed by atoms with E-state index in [9.17, 15) is 0 Å². The molecule has 1 saturated carbocycles. The van der Waals surface area contributed by atoms with Crippen molar-refractivity contribution in [2.24, 2.45) is 16.3 Å². The Morgan fingerprint density at radius 1 is 1.47 bits per heavy atom. The molecule has 1 fully saturated rings. The molecule has 3 atom stereocenters. The van der Waals surface area contributed by atoms with Crippen LogP contribution in [0.2, 0.25) is 0 Å². The van der Waals surface area contributed by atoms with Crippen LogP contribution in [0.1, 0.15) is 47.5 Å². The lowest BCUT2D eigenvalue weighted by Gasteiger charge is -2.51. The minimum atomic E-state index is 0.217. The van der Waals surface area contributed by atoms with Crippen LogP contribution in [0.15, 0.2) is 4.99 Å². The number of hydrogen-bond donors (Lipinski definition) is 1. The summed E-state index contributed by atoms with van der Waals surface area (Å²) in [5.74, 6) is 0.759. The lowest BCUT2D eigenvalue weighted by Crippen LogP contribution is -2.61. The summed E-state index contributed by atoms with van der Waals surface area (Å²) in [6, 6.07) is 0.507. The topological polar surface area (TPSA) is 33.6 Å². The molecule has 0 radical (unpaired) electrons. The summed E-state index contributed by atoms with van der Waals surface area (Å²) < 4.78 is 5.77. The second kappa shape index (κ2) is 6.04. The highest BCUT2D eigenvalue weighted by Gasteiger charge is 2.49. The molecule has 0 amide bonds. The molecular formula is C15H28N2OS. The summed E-state index contributed by atoms with van der Waals surface area (Å²) in [6.07, 6.45) is 2.76. The molecule has 0 spiro atoms. The van der Waals surface area contributed by atoms with Crippen LogP contribution in [-0.4, -0.2) is 35.7 Å². The van der Waals surface area contributed by atoms with E-state index < -0.39 is 0 Å². The molecule has 1 aliphatic heterocycles. The van der Waals surface area contributed by atoms with E-state index in [1.807, 2.05) is 11.8 Å². The molecule has 2 aliphatic rings. The minimum Gasteiger partial charge on any atom is -0.378 e. The lowest BCUT2D eigenvalue weighted by atomic mass is 9.64. The Kier molecular flexibility index (Phi) is 4.83. The predicted octanol–water partition coefficient (Wildman–Crippen LogP) is 3.30. The van der Waals surface area contributed by atoms with Gasteiger partial charge in [0, 0.05) is 23.3 Å². The van der Waals surface area contributed by atoms with Crippen molar-refractivity contribution in [2.45, 2.75) is 64.9 Å². The molecule has 1 heterocycles. The van der Waals surface area contributed by atoms with Crippen molar-refractivity contribution >= 4 is 16.9 Å². The van der Waals surface area contributed by atoms with Crippen molar-refractivity contribution in [3.63, 3.8) is 0 Å². The molecule has 0 bridgehead atoms. The molecule has 19 heavy (non-hydrogen) atoms. The van der Waals surface area contributed by atoms with Crippen molar-refractivity contribution in [1.82, 2.24) is 5.32 Å². The van der Waals surface area contributed by atoms with E-state index in [4.69, 9.17) is 4.74 Å². The van der Waals surface area contributed by atoms with Crippen LogP contribution in [0.4, 0.5) is 0 Å². The van der Waals surface area contributed by atoms with Gasteiger partial charge in [-0.2, -0.15) is 0 Å². The van der Waals surface area contributed by atoms with Gasteiger partial charge in [-0.1, -0.05) is 39.5 Å². The van der Waals surface area contributed by atoms with Crippen LogP contribution >= 0.6 is 11.8 Å². The molecule has 4 heteroatoms. The lowest BCUT2D eigenvalue weighted by molar-refractivity contribution is -0.109. The highest BCUT2D eigenvalue weighted by molar-refractivity contribution is 8.14. The molecular weight excluding hydrogens is 256 g/mol. The molecule has 0 aromatic rings. The van der Waals surface area contributed by atoms with Gasteiger partial charge >= 0.3 is 0 Å². The van der Waals surface area contributed by atoms with Crippen LogP contribution in [0.5, 0.6) is 0 Å². The van der Waals surface area contributed by atoms with Gasteiger partial charge in [-0.05, 0) is 25.7 Å². The number of rotatable bonds is 5. The van der Waals surface area contributed by atoms with E-state index in [1.54, 1.807) is 0 Å². The van der Waals surface area contributed by atoms with Gasteiger partial charge in [0.05, 0.1) is 12.6 Å². The van der Waals surface area contributed by atoms with Crippen molar-refractivity contribution in [2.75, 3.05) is 13.2 Å². The Labute approximate surface area is 122 Å². The average Bonchev–Trinajstić information content (AvgIpc) is 2.74. The quantitative estimate of drug-likeness (QED) is 0.841. The number of thioether (sulfide) groups is 1. The van der Waals surface area contributed by atoms with E-state index in [0.29, 0.717) is 17.4 Å². The number of nitrogens with zero attached hydrogens (tertiary/aromatic N) is 1. The Morgan fingerprint density at radius 3 is 2.79 bits per heavy atom. The van der Waals surface area contributed by atoms with Gasteiger partial charge in [0.25, 0.3) is 0 Å². The summed E-state index contributed by atoms with van der Waals surface area (Å²) in [7, 11) is 0. The van der Waals surface area contributed by atoms with Gasteiger partial charge < -0.3 is 10.1 Å². The Hall–Kier alpha value is -0.220. The highest BCUT2D eigenvalue weighted by Crippen LogP contribution is 2.43. The number of aliphatic imine (C=N–C) groups is 1. The first kappa shape index (κ1) is 15.2. The van der Waals surface area contributed by atoms with E-state index in [1.165, 1.54) is 6.42 Å². The zero-order valence-corrected chi connectivity index (χ0v) is 13.7. The smallest absolute Gasteiger partial charge is 0.157 e. The standard InChI is InChI=1S/C15H28N2OS/c1-6-18-13-8-12(15(13,4)5)17-14-16-9-11(19-14)7-10(2)3/h10-13H,6-9H2,1-5H3,(H,16,17). The molecule has 0 saturated heterocycles. The summed E-state index contributed by atoms with van der Waals surface area (Å²) in [6.45, 7) is 13.0. The zero-order valence-electron chi connectivity index (χ0n) is 12.9. The third kappa shape index (κ3) is 3.46. The summed E-state index contributed by atoms with van der Waals surface area (Å²) in [5, 5.41) is 5.46. The van der Waals surface area contributed by atoms with E-state index in [2.05, 4.69) is 44.9 Å². The van der Waals surface area contributed by atoms with Crippen LogP contribution in [-0.2, 0) is 4.74 Å². The molecule has 110 valence electrons. The first-order valence-corrected chi connectivity index (χ1v) is 8.40. The Morgan fingerprint density at radius 2 is 2.21 bits per heavy atom. The molecule has 3 unspecified atom stereocenters. The van der Waals surface area contributed by atoms with Crippen molar-refractivity contribution in [3.8, 4) is 0 Å². The minimum absolute atomic E-state index is 0.217. The Balaban J connectivity index is 1.78. The number of ether oxygens (including phenoxy) is 1. The molecule has 0 aromatic heterocycles. The van der Waals surface area contributed by atoms with Gasteiger partial charge in [-0.15, -0.1) is 0 Å². The van der Waals surface area contributed by atoms with E-state index >= 15 is 0 Å². The molecule has 0 aromatic carbocycles. The summed E-state index contributed by atoms with van der Waals surface area (Å²) >= 11 is 1.93. The maximum atomic E-state index is 5.77. The van der Waals surface area contributed by atoms with Gasteiger partial charge in [-0.3, -0.25) is 4.99 Å². The van der Waals surface area contributed by atoms with Gasteiger partial charge in [0.2, 0.25) is 0 Å². The van der Waals surface area contributed by atoms with Crippen molar-refractivity contribution < 1.29 is 4.74 Å². The molecule has 3 nitrogen and oxygen atoms in total. The fraction of sp³-hybridized carbons (Fsp3) is 0.933. The fourth-order valence-electron chi connectivity index (χ4n) is 2.91. The van der Waals surface area contributed by atoms with Crippen molar-refractivity contribution in [1.29, 1.82) is 0 Å². The molecule has 2 rings (SSSR count). The predicted molar refractivity (Wildman–Crippen MR) is 83.9 cm³/mol. The van der Waals surface area contributed by atoms with E-state index in [0.717, 1.165) is 30.7 Å². The van der Waals surface area contributed by atoms with E-state index in [-0.39, 0.29) is 5.41 Å². The van der Waals surface area contributed by atoms with Crippen LogP contribution in [0.25, 0.3) is 0 Å².